The standard InChI is InChI=1S/C15H18/c1-2-3-4-5-8-13-11-12-14-9-6-7-10-15(13)14/h2,6-7,9-13H,1,3-5,8H2. The Labute approximate surface area is 92.3 Å². The molecule has 15 heavy (non-hydrogen) atoms. The third kappa shape index (κ3) is 2.38. The molecule has 1 aliphatic rings. The van der Waals surface area contributed by atoms with Gasteiger partial charge in [-0.1, -0.05) is 48.9 Å². The van der Waals surface area contributed by atoms with Crippen molar-refractivity contribution >= 4 is 6.08 Å². The molecule has 1 aromatic carbocycles. The molecule has 1 aromatic rings. The number of rotatable bonds is 5. The number of allylic oxidation sites excluding steroid dienone is 2. The molecule has 0 N–H and O–H groups in total. The summed E-state index contributed by atoms with van der Waals surface area (Å²) in [4.78, 5) is 0. The molecule has 0 nitrogen and oxygen atoms in total. The number of unbranched alkanes of at least 4 members (excludes halogenated alkanes) is 2. The van der Waals surface area contributed by atoms with Gasteiger partial charge in [-0.15, -0.1) is 6.58 Å². The van der Waals surface area contributed by atoms with Crippen molar-refractivity contribution in [3.05, 3.63) is 54.1 Å². The van der Waals surface area contributed by atoms with Gasteiger partial charge in [0, 0.05) is 5.92 Å². The molecule has 78 valence electrons. The van der Waals surface area contributed by atoms with E-state index >= 15 is 0 Å². The van der Waals surface area contributed by atoms with Gasteiger partial charge < -0.3 is 0 Å². The Bertz CT molecular complexity index is 360. The van der Waals surface area contributed by atoms with Crippen LogP contribution in [0, 0.1) is 0 Å². The molecule has 0 fully saturated rings. The van der Waals surface area contributed by atoms with Crippen LogP contribution in [0.3, 0.4) is 0 Å². The zero-order valence-electron chi connectivity index (χ0n) is 9.15. The molecular weight excluding hydrogens is 180 g/mol. The first-order valence-corrected chi connectivity index (χ1v) is 5.80. The van der Waals surface area contributed by atoms with Gasteiger partial charge >= 0.3 is 0 Å². The lowest BCUT2D eigenvalue weighted by molar-refractivity contribution is 0.647. The maximum atomic E-state index is 3.75. The predicted octanol–water partition coefficient (Wildman–Crippen LogP) is 4.54. The Morgan fingerprint density at radius 2 is 2.07 bits per heavy atom. The molecule has 1 unspecified atom stereocenters. The fraction of sp³-hybridized carbons (Fsp3) is 0.333. The van der Waals surface area contributed by atoms with Crippen molar-refractivity contribution in [3.63, 3.8) is 0 Å². The minimum absolute atomic E-state index is 0.658. The van der Waals surface area contributed by atoms with Gasteiger partial charge in [-0.2, -0.15) is 0 Å². The highest BCUT2D eigenvalue weighted by molar-refractivity contribution is 5.62. The molecule has 0 radical (unpaired) electrons. The molecule has 0 saturated carbocycles. The van der Waals surface area contributed by atoms with Gasteiger partial charge in [-0.05, 0) is 30.4 Å². The minimum Gasteiger partial charge on any atom is -0.103 e. The van der Waals surface area contributed by atoms with Gasteiger partial charge in [-0.3, -0.25) is 0 Å². The summed E-state index contributed by atoms with van der Waals surface area (Å²) in [6, 6.07) is 8.72. The van der Waals surface area contributed by atoms with Crippen molar-refractivity contribution < 1.29 is 0 Å². The van der Waals surface area contributed by atoms with Crippen LogP contribution in [0.1, 0.15) is 42.7 Å². The summed E-state index contributed by atoms with van der Waals surface area (Å²) in [5.74, 6) is 0.658. The Kier molecular flexibility index (Phi) is 3.39. The van der Waals surface area contributed by atoms with E-state index in [4.69, 9.17) is 0 Å². The zero-order chi connectivity index (χ0) is 10.5. The second kappa shape index (κ2) is 4.97. The first kappa shape index (κ1) is 10.2. The summed E-state index contributed by atoms with van der Waals surface area (Å²) in [7, 11) is 0. The van der Waals surface area contributed by atoms with Crippen LogP contribution < -0.4 is 0 Å². The van der Waals surface area contributed by atoms with E-state index in [-0.39, 0.29) is 0 Å². The molecule has 0 aromatic heterocycles. The number of benzene rings is 1. The smallest absolute Gasteiger partial charge is 0.00272 e. The predicted molar refractivity (Wildman–Crippen MR) is 66.9 cm³/mol. The summed E-state index contributed by atoms with van der Waals surface area (Å²) in [5, 5.41) is 0. The highest BCUT2D eigenvalue weighted by Crippen LogP contribution is 2.33. The summed E-state index contributed by atoms with van der Waals surface area (Å²) in [5.41, 5.74) is 2.92. The highest BCUT2D eigenvalue weighted by atomic mass is 14.2. The molecule has 0 heterocycles. The van der Waals surface area contributed by atoms with E-state index < -0.39 is 0 Å². The van der Waals surface area contributed by atoms with E-state index in [1.807, 2.05) is 6.08 Å². The Morgan fingerprint density at radius 1 is 1.20 bits per heavy atom. The lowest BCUT2D eigenvalue weighted by atomic mass is 9.95. The molecule has 0 bridgehead atoms. The lowest BCUT2D eigenvalue weighted by Crippen LogP contribution is -1.92. The molecule has 0 aliphatic heterocycles. The summed E-state index contributed by atoms with van der Waals surface area (Å²) >= 11 is 0. The van der Waals surface area contributed by atoms with Crippen LogP contribution in [-0.4, -0.2) is 0 Å². The first-order valence-electron chi connectivity index (χ1n) is 5.80. The molecule has 1 atom stereocenters. The normalized spacial score (nSPS) is 17.7. The quantitative estimate of drug-likeness (QED) is 0.481. The molecule has 0 spiro atoms. The molecule has 0 saturated heterocycles. The van der Waals surface area contributed by atoms with Crippen LogP contribution in [0.2, 0.25) is 0 Å². The first-order chi connectivity index (χ1) is 7.42. The lowest BCUT2D eigenvalue weighted by Gasteiger charge is -2.09. The average Bonchev–Trinajstić information content (AvgIpc) is 2.68. The second-order valence-corrected chi connectivity index (χ2v) is 4.17. The molecule has 2 rings (SSSR count). The number of hydrogen-bond donors (Lipinski definition) is 0. The minimum atomic E-state index is 0.658. The largest absolute Gasteiger partial charge is 0.103 e. The van der Waals surface area contributed by atoms with Gasteiger partial charge in [0.1, 0.15) is 0 Å². The van der Waals surface area contributed by atoms with E-state index in [1.165, 1.54) is 30.4 Å². The van der Waals surface area contributed by atoms with Gasteiger partial charge in [-0.25, -0.2) is 0 Å². The highest BCUT2D eigenvalue weighted by Gasteiger charge is 2.15. The van der Waals surface area contributed by atoms with Crippen molar-refractivity contribution in [1.82, 2.24) is 0 Å². The van der Waals surface area contributed by atoms with Gasteiger partial charge in [0.05, 0.1) is 0 Å². The number of hydrogen-bond acceptors (Lipinski definition) is 0. The molecule has 0 heteroatoms. The third-order valence-corrected chi connectivity index (χ3v) is 3.08. The average molecular weight is 198 g/mol. The zero-order valence-corrected chi connectivity index (χ0v) is 9.15. The van der Waals surface area contributed by atoms with Crippen LogP contribution in [0.25, 0.3) is 6.08 Å². The van der Waals surface area contributed by atoms with Gasteiger partial charge in [0.2, 0.25) is 0 Å². The fourth-order valence-corrected chi connectivity index (χ4v) is 2.23. The SMILES string of the molecule is C=CCCCCC1C=Cc2ccccc21. The van der Waals surface area contributed by atoms with Crippen molar-refractivity contribution in [2.24, 2.45) is 0 Å². The van der Waals surface area contributed by atoms with Gasteiger partial charge in [0.25, 0.3) is 0 Å². The monoisotopic (exact) mass is 198 g/mol. The van der Waals surface area contributed by atoms with E-state index in [1.54, 1.807) is 0 Å². The third-order valence-electron chi connectivity index (χ3n) is 3.08. The van der Waals surface area contributed by atoms with Crippen molar-refractivity contribution in [3.8, 4) is 0 Å². The fourth-order valence-electron chi connectivity index (χ4n) is 2.23. The van der Waals surface area contributed by atoms with Crippen molar-refractivity contribution in [2.75, 3.05) is 0 Å². The van der Waals surface area contributed by atoms with Crippen molar-refractivity contribution in [2.45, 2.75) is 31.6 Å². The van der Waals surface area contributed by atoms with Crippen LogP contribution >= 0.6 is 0 Å². The van der Waals surface area contributed by atoms with Crippen LogP contribution in [0.4, 0.5) is 0 Å². The second-order valence-electron chi connectivity index (χ2n) is 4.17. The Morgan fingerprint density at radius 3 is 2.93 bits per heavy atom. The van der Waals surface area contributed by atoms with E-state index in [0.717, 1.165) is 6.42 Å². The van der Waals surface area contributed by atoms with E-state index in [2.05, 4.69) is 43.0 Å². The molecular formula is C15H18. The van der Waals surface area contributed by atoms with E-state index in [0.29, 0.717) is 5.92 Å². The maximum absolute atomic E-state index is 3.75. The van der Waals surface area contributed by atoms with Crippen LogP contribution in [0.15, 0.2) is 43.0 Å². The molecule has 0 amide bonds. The summed E-state index contributed by atoms with van der Waals surface area (Å²) < 4.78 is 0. The van der Waals surface area contributed by atoms with E-state index in [9.17, 15) is 0 Å². The maximum Gasteiger partial charge on any atom is 0.00272 e. The topological polar surface area (TPSA) is 0 Å². The van der Waals surface area contributed by atoms with Crippen LogP contribution in [0.5, 0.6) is 0 Å². The number of fused-ring (bicyclic) bond motifs is 1. The van der Waals surface area contributed by atoms with Crippen molar-refractivity contribution in [1.29, 1.82) is 0 Å². The molecule has 1 aliphatic carbocycles. The Balaban J connectivity index is 1.91. The Hall–Kier alpha value is -1.30. The van der Waals surface area contributed by atoms with Crippen LogP contribution in [-0.2, 0) is 0 Å². The summed E-state index contributed by atoms with van der Waals surface area (Å²) in [6.45, 7) is 3.75. The van der Waals surface area contributed by atoms with Gasteiger partial charge in [0.15, 0.2) is 0 Å². The summed E-state index contributed by atoms with van der Waals surface area (Å²) in [6.07, 6.45) is 11.6.